The SMILES string of the molecule is CCC[C@@H](C(=O)O)N1c2cc(C)ccc2C(C)=CC1(C)C. The van der Waals surface area contributed by atoms with Gasteiger partial charge in [0, 0.05) is 11.3 Å². The molecule has 0 saturated carbocycles. The Morgan fingerprint density at radius 2 is 2.00 bits per heavy atom. The Morgan fingerprint density at radius 1 is 1.33 bits per heavy atom. The number of fused-ring (bicyclic) bond motifs is 1. The van der Waals surface area contributed by atoms with Gasteiger partial charge in [0.05, 0.1) is 5.54 Å². The molecule has 0 radical (unpaired) electrons. The maximum absolute atomic E-state index is 11.8. The third-order valence-electron chi connectivity index (χ3n) is 4.19. The number of benzene rings is 1. The summed E-state index contributed by atoms with van der Waals surface area (Å²) >= 11 is 0. The number of anilines is 1. The number of carbonyl (C=O) groups is 1. The van der Waals surface area contributed by atoms with Crippen LogP contribution in [0.3, 0.4) is 0 Å². The fourth-order valence-corrected chi connectivity index (χ4v) is 3.37. The molecule has 0 fully saturated rings. The van der Waals surface area contributed by atoms with Crippen LogP contribution in [0.2, 0.25) is 0 Å². The van der Waals surface area contributed by atoms with Gasteiger partial charge in [-0.05, 0) is 51.3 Å². The zero-order chi connectivity index (χ0) is 15.8. The van der Waals surface area contributed by atoms with E-state index in [4.69, 9.17) is 0 Å². The van der Waals surface area contributed by atoms with E-state index >= 15 is 0 Å². The molecule has 1 aliphatic rings. The lowest BCUT2D eigenvalue weighted by molar-refractivity contribution is -0.139. The highest BCUT2D eigenvalue weighted by molar-refractivity contribution is 5.87. The molecule has 0 aromatic heterocycles. The van der Waals surface area contributed by atoms with Gasteiger partial charge in [-0.25, -0.2) is 4.79 Å². The van der Waals surface area contributed by atoms with Gasteiger partial charge in [-0.3, -0.25) is 0 Å². The van der Waals surface area contributed by atoms with Gasteiger partial charge in [-0.2, -0.15) is 0 Å². The third-order valence-corrected chi connectivity index (χ3v) is 4.19. The molecule has 0 unspecified atom stereocenters. The van der Waals surface area contributed by atoms with E-state index < -0.39 is 12.0 Å². The zero-order valence-corrected chi connectivity index (χ0v) is 13.6. The maximum Gasteiger partial charge on any atom is 0.326 e. The van der Waals surface area contributed by atoms with E-state index in [9.17, 15) is 9.90 Å². The summed E-state index contributed by atoms with van der Waals surface area (Å²) in [7, 11) is 0. The molecule has 1 aromatic rings. The minimum atomic E-state index is -0.745. The summed E-state index contributed by atoms with van der Waals surface area (Å²) in [6.45, 7) is 10.4. The standard InChI is InChI=1S/C18H25NO2/c1-6-7-15(17(20)21)19-16-10-12(2)8-9-14(16)13(3)11-18(19,4)5/h8-11,15H,6-7H2,1-5H3,(H,20,21)/t15-/m0/s1. The van der Waals surface area contributed by atoms with Gasteiger partial charge in [-0.1, -0.05) is 31.6 Å². The molecule has 0 aliphatic carbocycles. The summed E-state index contributed by atoms with van der Waals surface area (Å²) in [4.78, 5) is 13.9. The molecule has 21 heavy (non-hydrogen) atoms. The average molecular weight is 287 g/mol. The lowest BCUT2D eigenvalue weighted by Gasteiger charge is -2.46. The summed E-state index contributed by atoms with van der Waals surface area (Å²) in [6, 6.07) is 5.81. The maximum atomic E-state index is 11.8. The highest BCUT2D eigenvalue weighted by atomic mass is 16.4. The van der Waals surface area contributed by atoms with Crippen LogP contribution in [-0.4, -0.2) is 22.7 Å². The van der Waals surface area contributed by atoms with Crippen molar-refractivity contribution in [2.45, 2.75) is 59.0 Å². The van der Waals surface area contributed by atoms with Crippen LogP contribution in [0.25, 0.3) is 5.57 Å². The van der Waals surface area contributed by atoms with Crippen LogP contribution in [0.5, 0.6) is 0 Å². The number of aliphatic carboxylic acids is 1. The molecule has 0 saturated heterocycles. The number of hydrogen-bond acceptors (Lipinski definition) is 2. The first kappa shape index (κ1) is 15.6. The Morgan fingerprint density at radius 3 is 2.57 bits per heavy atom. The van der Waals surface area contributed by atoms with Crippen LogP contribution in [0, 0.1) is 6.92 Å². The van der Waals surface area contributed by atoms with E-state index in [0.717, 1.165) is 23.2 Å². The van der Waals surface area contributed by atoms with Crippen LogP contribution in [0.4, 0.5) is 5.69 Å². The first-order valence-electron chi connectivity index (χ1n) is 7.60. The largest absolute Gasteiger partial charge is 0.480 e. The molecule has 2 rings (SSSR count). The summed E-state index contributed by atoms with van der Waals surface area (Å²) in [5.74, 6) is -0.745. The van der Waals surface area contributed by atoms with E-state index in [1.54, 1.807) is 0 Å². The van der Waals surface area contributed by atoms with E-state index in [-0.39, 0.29) is 5.54 Å². The van der Waals surface area contributed by atoms with Crippen molar-refractivity contribution in [3.63, 3.8) is 0 Å². The van der Waals surface area contributed by atoms with Gasteiger partial charge in [0.25, 0.3) is 0 Å². The van der Waals surface area contributed by atoms with Crippen molar-refractivity contribution in [1.82, 2.24) is 0 Å². The van der Waals surface area contributed by atoms with Crippen LogP contribution < -0.4 is 4.90 Å². The second kappa shape index (κ2) is 5.55. The number of carboxylic acid groups (broad SMARTS) is 1. The molecule has 1 aromatic carbocycles. The van der Waals surface area contributed by atoms with Crippen LogP contribution >= 0.6 is 0 Å². The first-order valence-corrected chi connectivity index (χ1v) is 7.60. The summed E-state index contributed by atoms with van der Waals surface area (Å²) in [6.07, 6.45) is 3.68. The molecule has 3 nitrogen and oxygen atoms in total. The molecule has 0 amide bonds. The zero-order valence-electron chi connectivity index (χ0n) is 13.6. The van der Waals surface area contributed by atoms with Crippen molar-refractivity contribution >= 4 is 17.2 Å². The van der Waals surface area contributed by atoms with Crippen LogP contribution in [-0.2, 0) is 4.79 Å². The third kappa shape index (κ3) is 2.82. The molecular weight excluding hydrogens is 262 g/mol. The molecule has 3 heteroatoms. The summed E-state index contributed by atoms with van der Waals surface area (Å²) in [5.41, 5.74) is 4.25. The number of rotatable bonds is 4. The number of nitrogens with zero attached hydrogens (tertiary/aromatic N) is 1. The van der Waals surface area contributed by atoms with Gasteiger partial charge in [0.15, 0.2) is 0 Å². The van der Waals surface area contributed by atoms with Gasteiger partial charge in [0.2, 0.25) is 0 Å². The Bertz CT molecular complexity index is 587. The lowest BCUT2D eigenvalue weighted by atomic mass is 9.86. The topological polar surface area (TPSA) is 40.5 Å². The van der Waals surface area contributed by atoms with E-state index in [1.165, 1.54) is 5.57 Å². The van der Waals surface area contributed by atoms with Gasteiger partial charge < -0.3 is 10.0 Å². The Labute approximate surface area is 127 Å². The Balaban J connectivity index is 2.63. The number of allylic oxidation sites excluding steroid dienone is 1. The van der Waals surface area contributed by atoms with Crippen molar-refractivity contribution in [3.05, 3.63) is 35.4 Å². The smallest absolute Gasteiger partial charge is 0.326 e. The second-order valence-electron chi connectivity index (χ2n) is 6.51. The minimum absolute atomic E-state index is 0.302. The van der Waals surface area contributed by atoms with Crippen molar-refractivity contribution in [3.8, 4) is 0 Å². The number of carboxylic acids is 1. The van der Waals surface area contributed by atoms with Crippen LogP contribution in [0.15, 0.2) is 24.3 Å². The number of hydrogen-bond donors (Lipinski definition) is 1. The van der Waals surface area contributed by atoms with Crippen molar-refractivity contribution in [2.24, 2.45) is 0 Å². The Hall–Kier alpha value is -1.77. The molecule has 0 bridgehead atoms. The normalized spacial score (nSPS) is 18.0. The summed E-state index contributed by atoms with van der Waals surface area (Å²) in [5, 5.41) is 9.69. The minimum Gasteiger partial charge on any atom is -0.480 e. The van der Waals surface area contributed by atoms with Crippen molar-refractivity contribution < 1.29 is 9.90 Å². The first-order chi connectivity index (χ1) is 9.77. The van der Waals surface area contributed by atoms with Crippen LogP contribution in [0.1, 0.15) is 51.7 Å². The molecule has 1 N–H and O–H groups in total. The van der Waals surface area contributed by atoms with Crippen molar-refractivity contribution in [2.75, 3.05) is 4.90 Å². The van der Waals surface area contributed by atoms with Gasteiger partial charge >= 0.3 is 5.97 Å². The van der Waals surface area contributed by atoms with E-state index in [2.05, 4.69) is 56.9 Å². The molecule has 1 atom stereocenters. The quantitative estimate of drug-likeness (QED) is 0.900. The average Bonchev–Trinajstić information content (AvgIpc) is 2.36. The lowest BCUT2D eigenvalue weighted by Crippen LogP contribution is -2.54. The highest BCUT2D eigenvalue weighted by Crippen LogP contribution is 2.41. The number of aryl methyl sites for hydroxylation is 1. The molecular formula is C18H25NO2. The van der Waals surface area contributed by atoms with E-state index in [0.29, 0.717) is 6.42 Å². The monoisotopic (exact) mass is 287 g/mol. The van der Waals surface area contributed by atoms with E-state index in [1.807, 2.05) is 6.92 Å². The molecule has 114 valence electrons. The fourth-order valence-electron chi connectivity index (χ4n) is 3.37. The van der Waals surface area contributed by atoms with Gasteiger partial charge in [-0.15, -0.1) is 0 Å². The predicted molar refractivity (Wildman–Crippen MR) is 87.7 cm³/mol. The Kier molecular flexibility index (Phi) is 4.13. The van der Waals surface area contributed by atoms with Gasteiger partial charge in [0.1, 0.15) is 6.04 Å². The second-order valence-corrected chi connectivity index (χ2v) is 6.51. The highest BCUT2D eigenvalue weighted by Gasteiger charge is 2.38. The predicted octanol–water partition coefficient (Wildman–Crippen LogP) is 4.25. The molecule has 1 heterocycles. The molecule has 0 spiro atoms. The summed E-state index contributed by atoms with van der Waals surface area (Å²) < 4.78 is 0. The molecule has 1 aliphatic heterocycles. The van der Waals surface area contributed by atoms with Crippen molar-refractivity contribution in [1.29, 1.82) is 0 Å². The fraction of sp³-hybridized carbons (Fsp3) is 0.500.